The number of hydrogen-bond donors (Lipinski definition) is 0. The summed E-state index contributed by atoms with van der Waals surface area (Å²) in [6.45, 7) is 3.29. The maximum atomic E-state index is 13.0. The van der Waals surface area contributed by atoms with Crippen molar-refractivity contribution in [3.8, 4) is 0 Å². The van der Waals surface area contributed by atoms with Crippen LogP contribution in [0.15, 0.2) is 42.6 Å². The zero-order valence-corrected chi connectivity index (χ0v) is 13.4. The van der Waals surface area contributed by atoms with E-state index in [1.165, 1.54) is 12.1 Å². The molecule has 0 atom stereocenters. The third-order valence-electron chi connectivity index (χ3n) is 4.05. The van der Waals surface area contributed by atoms with Gasteiger partial charge in [0.15, 0.2) is 5.78 Å². The van der Waals surface area contributed by atoms with E-state index in [0.717, 1.165) is 5.56 Å². The number of carbonyl (C=O) groups excluding carboxylic acids is 2. The Hall–Kier alpha value is -2.76. The van der Waals surface area contributed by atoms with Crippen LogP contribution in [0.3, 0.4) is 0 Å². The topological polar surface area (TPSA) is 53.5 Å². The van der Waals surface area contributed by atoms with Crippen LogP contribution in [-0.4, -0.2) is 34.8 Å². The lowest BCUT2D eigenvalue weighted by Crippen LogP contribution is -2.32. The van der Waals surface area contributed by atoms with Crippen molar-refractivity contribution in [2.24, 2.45) is 0 Å². The number of hydrogen-bond acceptors (Lipinski definition) is 3. The molecule has 2 heterocycles. The highest BCUT2D eigenvalue weighted by Gasteiger charge is 2.30. The minimum Gasteiger partial charge on any atom is -0.318 e. The average molecular weight is 327 g/mol. The molecule has 2 aromatic rings. The van der Waals surface area contributed by atoms with Gasteiger partial charge in [-0.1, -0.05) is 19.1 Å². The van der Waals surface area contributed by atoms with E-state index >= 15 is 0 Å². The van der Waals surface area contributed by atoms with Gasteiger partial charge in [-0.2, -0.15) is 0 Å². The van der Waals surface area contributed by atoms with Gasteiger partial charge in [0.1, 0.15) is 11.6 Å². The summed E-state index contributed by atoms with van der Waals surface area (Å²) in [5.74, 6) is 0.212. The van der Waals surface area contributed by atoms with Crippen LogP contribution in [0.25, 0.3) is 0 Å². The molecule has 1 aliphatic heterocycles. The van der Waals surface area contributed by atoms with Crippen LogP contribution in [0.4, 0.5) is 15.0 Å². The smallest absolute Gasteiger partial charge is 0.318 e. The van der Waals surface area contributed by atoms with Crippen molar-refractivity contribution >= 4 is 17.6 Å². The molecule has 24 heavy (non-hydrogen) atoms. The number of amides is 2. The second kappa shape index (κ2) is 6.78. The quantitative estimate of drug-likeness (QED) is 0.792. The highest BCUT2D eigenvalue weighted by molar-refractivity contribution is 5.98. The normalized spacial score (nSPS) is 14.3. The molecule has 1 saturated heterocycles. The lowest BCUT2D eigenvalue weighted by Gasteiger charge is -2.18. The minimum atomic E-state index is -0.297. The van der Waals surface area contributed by atoms with E-state index in [2.05, 4.69) is 4.98 Å². The SMILES string of the molecule is CCC(=O)c1ccnc(N2CCN(Cc3ccc(F)cc3)C2=O)c1. The van der Waals surface area contributed by atoms with E-state index in [1.54, 1.807) is 47.2 Å². The lowest BCUT2D eigenvalue weighted by molar-refractivity contribution is 0.0988. The number of pyridine rings is 1. The molecule has 0 spiro atoms. The second-order valence-electron chi connectivity index (χ2n) is 5.66. The number of carbonyl (C=O) groups is 2. The van der Waals surface area contributed by atoms with Crippen LogP contribution in [0, 0.1) is 5.82 Å². The first-order chi connectivity index (χ1) is 11.6. The van der Waals surface area contributed by atoms with Gasteiger partial charge in [-0.3, -0.25) is 9.69 Å². The molecule has 0 bridgehead atoms. The number of Topliss-reactive ketones (excluding diaryl/α,β-unsaturated/α-hetero) is 1. The van der Waals surface area contributed by atoms with Crippen LogP contribution in [0.1, 0.15) is 29.3 Å². The number of nitrogens with zero attached hydrogens (tertiary/aromatic N) is 3. The van der Waals surface area contributed by atoms with Crippen molar-refractivity contribution in [2.45, 2.75) is 19.9 Å². The van der Waals surface area contributed by atoms with Gasteiger partial charge in [0.05, 0.1) is 0 Å². The molecule has 0 N–H and O–H groups in total. The molecular weight excluding hydrogens is 309 g/mol. The summed E-state index contributed by atoms with van der Waals surface area (Å²) in [5.41, 5.74) is 1.43. The van der Waals surface area contributed by atoms with E-state index in [0.29, 0.717) is 37.4 Å². The molecule has 1 aliphatic rings. The Labute approximate surface area is 139 Å². The van der Waals surface area contributed by atoms with Crippen molar-refractivity contribution in [1.29, 1.82) is 0 Å². The van der Waals surface area contributed by atoms with Gasteiger partial charge < -0.3 is 4.90 Å². The van der Waals surface area contributed by atoms with Crippen molar-refractivity contribution in [3.63, 3.8) is 0 Å². The number of ketones is 1. The first-order valence-corrected chi connectivity index (χ1v) is 7.88. The Kier molecular flexibility index (Phi) is 4.55. The summed E-state index contributed by atoms with van der Waals surface area (Å²) < 4.78 is 13.0. The Bertz CT molecular complexity index is 761. The summed E-state index contributed by atoms with van der Waals surface area (Å²) in [4.78, 5) is 31.9. The van der Waals surface area contributed by atoms with Crippen LogP contribution in [0.5, 0.6) is 0 Å². The van der Waals surface area contributed by atoms with E-state index in [9.17, 15) is 14.0 Å². The third-order valence-corrected chi connectivity index (χ3v) is 4.05. The van der Waals surface area contributed by atoms with Crippen LogP contribution in [-0.2, 0) is 6.54 Å². The zero-order valence-electron chi connectivity index (χ0n) is 13.4. The first kappa shape index (κ1) is 16.1. The summed E-state index contributed by atoms with van der Waals surface area (Å²) >= 11 is 0. The van der Waals surface area contributed by atoms with Gasteiger partial charge in [-0.15, -0.1) is 0 Å². The van der Waals surface area contributed by atoms with E-state index in [1.807, 2.05) is 0 Å². The molecule has 0 saturated carbocycles. The van der Waals surface area contributed by atoms with Crippen molar-refractivity contribution in [1.82, 2.24) is 9.88 Å². The molecule has 1 aromatic carbocycles. The maximum absolute atomic E-state index is 13.0. The molecule has 1 aromatic heterocycles. The summed E-state index contributed by atoms with van der Waals surface area (Å²) in [5, 5.41) is 0. The molecule has 1 fully saturated rings. The van der Waals surface area contributed by atoms with Gasteiger partial charge in [-0.05, 0) is 29.8 Å². The highest BCUT2D eigenvalue weighted by Crippen LogP contribution is 2.21. The number of halogens is 1. The number of urea groups is 1. The van der Waals surface area contributed by atoms with Crippen molar-refractivity contribution in [3.05, 3.63) is 59.5 Å². The van der Waals surface area contributed by atoms with Crippen molar-refractivity contribution < 1.29 is 14.0 Å². The van der Waals surface area contributed by atoms with Gasteiger partial charge in [-0.25, -0.2) is 14.2 Å². The average Bonchev–Trinajstić information content (AvgIpc) is 2.97. The Morgan fingerprint density at radius 3 is 2.67 bits per heavy atom. The standard InChI is InChI=1S/C18H18FN3O2/c1-2-16(23)14-7-8-20-17(11-14)22-10-9-21(18(22)24)12-13-3-5-15(19)6-4-13/h3-8,11H,2,9-10,12H2,1H3. The Balaban J connectivity index is 1.74. The molecule has 3 rings (SSSR count). The number of anilines is 1. The summed E-state index contributed by atoms with van der Waals surface area (Å²) in [7, 11) is 0. The Morgan fingerprint density at radius 2 is 1.96 bits per heavy atom. The molecule has 124 valence electrons. The predicted molar refractivity (Wildman–Crippen MR) is 88.4 cm³/mol. The van der Waals surface area contributed by atoms with Gasteiger partial charge in [0, 0.05) is 37.8 Å². The van der Waals surface area contributed by atoms with Crippen molar-refractivity contribution in [2.75, 3.05) is 18.0 Å². The molecule has 0 radical (unpaired) electrons. The number of benzene rings is 1. The van der Waals surface area contributed by atoms with Gasteiger partial charge in [0.25, 0.3) is 0 Å². The maximum Gasteiger partial charge on any atom is 0.326 e. The van der Waals surface area contributed by atoms with Crippen LogP contribution < -0.4 is 4.90 Å². The summed E-state index contributed by atoms with van der Waals surface area (Å²) in [6, 6.07) is 9.27. The predicted octanol–water partition coefficient (Wildman–Crippen LogP) is 3.26. The third kappa shape index (κ3) is 3.27. The van der Waals surface area contributed by atoms with Gasteiger partial charge in [0.2, 0.25) is 0 Å². The molecule has 2 amide bonds. The zero-order chi connectivity index (χ0) is 17.1. The fourth-order valence-electron chi connectivity index (χ4n) is 2.70. The highest BCUT2D eigenvalue weighted by atomic mass is 19.1. The van der Waals surface area contributed by atoms with E-state index in [-0.39, 0.29) is 17.6 Å². The fraction of sp³-hybridized carbons (Fsp3) is 0.278. The van der Waals surface area contributed by atoms with Crippen LogP contribution >= 0.6 is 0 Å². The molecule has 0 unspecified atom stereocenters. The fourth-order valence-corrected chi connectivity index (χ4v) is 2.70. The minimum absolute atomic E-state index is 0.0217. The summed E-state index contributed by atoms with van der Waals surface area (Å²) in [6.07, 6.45) is 1.96. The Morgan fingerprint density at radius 1 is 1.21 bits per heavy atom. The van der Waals surface area contributed by atoms with E-state index in [4.69, 9.17) is 0 Å². The molecular formula is C18H18FN3O2. The lowest BCUT2D eigenvalue weighted by atomic mass is 10.1. The molecule has 0 aliphatic carbocycles. The monoisotopic (exact) mass is 327 g/mol. The molecule has 6 heteroatoms. The second-order valence-corrected chi connectivity index (χ2v) is 5.66. The largest absolute Gasteiger partial charge is 0.326 e. The van der Waals surface area contributed by atoms with E-state index < -0.39 is 0 Å². The van der Waals surface area contributed by atoms with Crippen LogP contribution in [0.2, 0.25) is 0 Å². The number of rotatable bonds is 5. The number of aromatic nitrogens is 1. The van der Waals surface area contributed by atoms with Gasteiger partial charge >= 0.3 is 6.03 Å². The molecule has 5 nitrogen and oxygen atoms in total. The first-order valence-electron chi connectivity index (χ1n) is 7.88.